The molecule has 1 amide bonds. The van der Waals surface area contributed by atoms with Crippen molar-refractivity contribution in [1.82, 2.24) is 4.90 Å². The van der Waals surface area contributed by atoms with Gasteiger partial charge >= 0.3 is 5.97 Å². The molecule has 1 aliphatic heterocycles. The summed E-state index contributed by atoms with van der Waals surface area (Å²) in [6.45, 7) is 1.27. The summed E-state index contributed by atoms with van der Waals surface area (Å²) in [6, 6.07) is 0. The van der Waals surface area contributed by atoms with Crippen LogP contribution in [-0.4, -0.2) is 48.2 Å². The van der Waals surface area contributed by atoms with Crippen molar-refractivity contribution in [2.24, 2.45) is 0 Å². The Hall–Kier alpha value is -1.10. The molecule has 1 heterocycles. The first-order valence-corrected chi connectivity index (χ1v) is 4.66. The zero-order valence-electron chi connectivity index (χ0n) is 8.23. The zero-order chi connectivity index (χ0) is 10.6. The quantitative estimate of drug-likeness (QED) is 0.700. The van der Waals surface area contributed by atoms with Gasteiger partial charge in [-0.2, -0.15) is 0 Å². The van der Waals surface area contributed by atoms with E-state index in [2.05, 4.69) is 0 Å². The molecule has 0 aromatic rings. The lowest BCUT2D eigenvalue weighted by molar-refractivity contribution is -0.140. The van der Waals surface area contributed by atoms with Gasteiger partial charge in [0.25, 0.3) is 0 Å². The van der Waals surface area contributed by atoms with Crippen molar-refractivity contribution < 1.29 is 19.4 Å². The summed E-state index contributed by atoms with van der Waals surface area (Å²) < 4.78 is 5.11. The lowest BCUT2D eigenvalue weighted by atomic mass is 10.3. The van der Waals surface area contributed by atoms with Gasteiger partial charge in [0.2, 0.25) is 5.91 Å². The van der Waals surface area contributed by atoms with Crippen LogP contribution in [0, 0.1) is 0 Å². The SMILES string of the molecule is CO[C@H]1CCN(C(=O)CCC(=O)O)C1. The number of carboxylic acids is 1. The summed E-state index contributed by atoms with van der Waals surface area (Å²) in [5.74, 6) is -1.02. The number of rotatable bonds is 4. The Bertz CT molecular complexity index is 229. The van der Waals surface area contributed by atoms with Crippen LogP contribution < -0.4 is 0 Å². The number of carbonyl (C=O) groups is 2. The van der Waals surface area contributed by atoms with Gasteiger partial charge in [0, 0.05) is 26.6 Å². The van der Waals surface area contributed by atoms with Crippen molar-refractivity contribution in [3.8, 4) is 0 Å². The standard InChI is InChI=1S/C9H15NO4/c1-14-7-4-5-10(6-7)8(11)2-3-9(12)13/h7H,2-6H2,1H3,(H,12,13)/t7-/m0/s1. The first-order valence-electron chi connectivity index (χ1n) is 4.66. The van der Waals surface area contributed by atoms with Gasteiger partial charge in [0.1, 0.15) is 0 Å². The van der Waals surface area contributed by atoms with Crippen LogP contribution in [0.15, 0.2) is 0 Å². The normalized spacial score (nSPS) is 21.2. The van der Waals surface area contributed by atoms with Crippen LogP contribution in [0.3, 0.4) is 0 Å². The molecule has 0 spiro atoms. The van der Waals surface area contributed by atoms with Gasteiger partial charge in [0.15, 0.2) is 0 Å². The van der Waals surface area contributed by atoms with E-state index in [0.29, 0.717) is 13.1 Å². The largest absolute Gasteiger partial charge is 0.481 e. The molecule has 0 aromatic heterocycles. The van der Waals surface area contributed by atoms with Crippen LogP contribution in [0.1, 0.15) is 19.3 Å². The first-order chi connectivity index (χ1) is 6.63. The molecule has 0 bridgehead atoms. The van der Waals surface area contributed by atoms with Crippen LogP contribution in [-0.2, 0) is 14.3 Å². The van der Waals surface area contributed by atoms with E-state index in [0.717, 1.165) is 6.42 Å². The Morgan fingerprint density at radius 2 is 2.21 bits per heavy atom. The number of hydrogen-bond acceptors (Lipinski definition) is 3. The molecule has 14 heavy (non-hydrogen) atoms. The number of carbonyl (C=O) groups excluding carboxylic acids is 1. The van der Waals surface area contributed by atoms with Crippen LogP contribution in [0.25, 0.3) is 0 Å². The molecule has 1 aliphatic rings. The average Bonchev–Trinajstić information content (AvgIpc) is 2.62. The third-order valence-electron chi connectivity index (χ3n) is 2.38. The van der Waals surface area contributed by atoms with Gasteiger partial charge in [-0.25, -0.2) is 0 Å². The van der Waals surface area contributed by atoms with Crippen molar-refractivity contribution >= 4 is 11.9 Å². The van der Waals surface area contributed by atoms with E-state index < -0.39 is 5.97 Å². The highest BCUT2D eigenvalue weighted by molar-refractivity contribution is 5.80. The Morgan fingerprint density at radius 1 is 1.50 bits per heavy atom. The van der Waals surface area contributed by atoms with E-state index >= 15 is 0 Å². The molecule has 1 atom stereocenters. The Kier molecular flexibility index (Phi) is 3.88. The van der Waals surface area contributed by atoms with Crippen molar-refractivity contribution in [3.05, 3.63) is 0 Å². The molecular weight excluding hydrogens is 186 g/mol. The van der Waals surface area contributed by atoms with E-state index in [4.69, 9.17) is 9.84 Å². The summed E-state index contributed by atoms with van der Waals surface area (Å²) in [6.07, 6.45) is 0.956. The summed E-state index contributed by atoms with van der Waals surface area (Å²) in [5, 5.41) is 8.41. The number of methoxy groups -OCH3 is 1. The van der Waals surface area contributed by atoms with Gasteiger partial charge in [0.05, 0.1) is 12.5 Å². The predicted octanol–water partition coefficient (Wildman–Crippen LogP) is 0.0985. The van der Waals surface area contributed by atoms with Gasteiger partial charge in [-0.1, -0.05) is 0 Å². The maximum atomic E-state index is 11.4. The minimum atomic E-state index is -0.930. The molecule has 1 N–H and O–H groups in total. The molecule has 5 nitrogen and oxygen atoms in total. The average molecular weight is 201 g/mol. The number of ether oxygens (including phenoxy) is 1. The monoisotopic (exact) mass is 201 g/mol. The third-order valence-corrected chi connectivity index (χ3v) is 2.38. The molecule has 80 valence electrons. The Balaban J connectivity index is 2.28. The maximum Gasteiger partial charge on any atom is 0.303 e. The van der Waals surface area contributed by atoms with Gasteiger partial charge in [-0.05, 0) is 6.42 Å². The molecule has 1 rings (SSSR count). The lowest BCUT2D eigenvalue weighted by Gasteiger charge is -2.15. The van der Waals surface area contributed by atoms with Crippen molar-refractivity contribution in [2.45, 2.75) is 25.4 Å². The Morgan fingerprint density at radius 3 is 2.71 bits per heavy atom. The fourth-order valence-electron chi connectivity index (χ4n) is 1.52. The minimum absolute atomic E-state index is 0.0891. The van der Waals surface area contributed by atoms with Crippen LogP contribution in [0.5, 0.6) is 0 Å². The molecule has 5 heteroatoms. The van der Waals surface area contributed by atoms with Crippen molar-refractivity contribution in [3.63, 3.8) is 0 Å². The number of hydrogen-bond donors (Lipinski definition) is 1. The van der Waals surface area contributed by atoms with E-state index in [1.165, 1.54) is 0 Å². The highest BCUT2D eigenvalue weighted by atomic mass is 16.5. The summed E-state index contributed by atoms with van der Waals surface area (Å²) in [5.41, 5.74) is 0. The number of nitrogens with zero attached hydrogens (tertiary/aromatic N) is 1. The van der Waals surface area contributed by atoms with Crippen molar-refractivity contribution in [1.29, 1.82) is 0 Å². The lowest BCUT2D eigenvalue weighted by Crippen LogP contribution is -2.30. The molecule has 0 unspecified atom stereocenters. The van der Waals surface area contributed by atoms with Crippen LogP contribution in [0.4, 0.5) is 0 Å². The fraction of sp³-hybridized carbons (Fsp3) is 0.778. The molecule has 0 radical (unpaired) electrons. The molecule has 0 aromatic carbocycles. The topological polar surface area (TPSA) is 66.8 Å². The second kappa shape index (κ2) is 4.95. The summed E-state index contributed by atoms with van der Waals surface area (Å²) in [4.78, 5) is 23.3. The van der Waals surface area contributed by atoms with Gasteiger partial charge in [-0.3, -0.25) is 9.59 Å². The zero-order valence-corrected chi connectivity index (χ0v) is 8.23. The summed E-state index contributed by atoms with van der Waals surface area (Å²) in [7, 11) is 1.62. The second-order valence-corrected chi connectivity index (χ2v) is 3.38. The van der Waals surface area contributed by atoms with Gasteiger partial charge in [-0.15, -0.1) is 0 Å². The highest BCUT2D eigenvalue weighted by Crippen LogP contribution is 2.13. The number of aliphatic carboxylic acids is 1. The van der Waals surface area contributed by atoms with E-state index in [1.54, 1.807) is 12.0 Å². The highest BCUT2D eigenvalue weighted by Gasteiger charge is 2.25. The minimum Gasteiger partial charge on any atom is -0.481 e. The molecular formula is C9H15NO4. The van der Waals surface area contributed by atoms with Crippen LogP contribution in [0.2, 0.25) is 0 Å². The molecule has 0 saturated carbocycles. The predicted molar refractivity (Wildman–Crippen MR) is 48.9 cm³/mol. The number of carboxylic acid groups (broad SMARTS) is 1. The second-order valence-electron chi connectivity index (χ2n) is 3.38. The fourth-order valence-corrected chi connectivity index (χ4v) is 1.52. The van der Waals surface area contributed by atoms with E-state index in [1.807, 2.05) is 0 Å². The summed E-state index contributed by atoms with van der Waals surface area (Å²) >= 11 is 0. The maximum absolute atomic E-state index is 11.4. The Labute approximate surface area is 82.6 Å². The molecule has 0 aliphatic carbocycles. The number of amides is 1. The molecule has 1 fully saturated rings. The molecule has 1 saturated heterocycles. The van der Waals surface area contributed by atoms with Crippen LogP contribution >= 0.6 is 0 Å². The van der Waals surface area contributed by atoms with E-state index in [9.17, 15) is 9.59 Å². The van der Waals surface area contributed by atoms with E-state index in [-0.39, 0.29) is 24.9 Å². The first kappa shape index (κ1) is 11.0. The van der Waals surface area contributed by atoms with Gasteiger partial charge < -0.3 is 14.7 Å². The number of likely N-dealkylation sites (tertiary alicyclic amines) is 1. The van der Waals surface area contributed by atoms with Crippen molar-refractivity contribution in [2.75, 3.05) is 20.2 Å². The smallest absolute Gasteiger partial charge is 0.303 e. The third kappa shape index (κ3) is 2.99.